The fourth-order valence-corrected chi connectivity index (χ4v) is 2.08. The Labute approximate surface area is 128 Å². The van der Waals surface area contributed by atoms with Crippen molar-refractivity contribution in [2.24, 2.45) is 0 Å². The number of halogens is 2. The molecule has 2 aromatic rings. The molecule has 1 heterocycles. The lowest BCUT2D eigenvalue weighted by Gasteiger charge is -2.14. The maximum atomic E-state index is 6.25. The van der Waals surface area contributed by atoms with Gasteiger partial charge in [-0.05, 0) is 12.1 Å². The van der Waals surface area contributed by atoms with Crippen LogP contribution in [0, 0.1) is 0 Å². The summed E-state index contributed by atoms with van der Waals surface area (Å²) < 4.78 is 5.83. The molecule has 0 atom stereocenters. The fourth-order valence-electron chi connectivity index (χ4n) is 1.69. The highest BCUT2D eigenvalue weighted by atomic mass is 35.5. The van der Waals surface area contributed by atoms with Gasteiger partial charge in [-0.1, -0.05) is 43.1 Å². The zero-order chi connectivity index (χ0) is 14.5. The van der Waals surface area contributed by atoms with Gasteiger partial charge >= 0.3 is 0 Å². The number of aromatic nitrogens is 1. The van der Waals surface area contributed by atoms with Crippen molar-refractivity contribution < 1.29 is 4.74 Å². The van der Waals surface area contributed by atoms with Gasteiger partial charge in [0.15, 0.2) is 0 Å². The normalized spacial score (nSPS) is 10.8. The molecule has 0 saturated heterocycles. The third-order valence-electron chi connectivity index (χ3n) is 2.67. The van der Waals surface area contributed by atoms with Gasteiger partial charge in [-0.25, -0.2) is 0 Å². The van der Waals surface area contributed by atoms with Crippen molar-refractivity contribution in [1.82, 2.24) is 10.3 Å². The Morgan fingerprint density at radius 2 is 2.05 bits per heavy atom. The van der Waals surface area contributed by atoms with Crippen LogP contribution in [0.15, 0.2) is 36.7 Å². The number of hydrogen-bond acceptors (Lipinski definition) is 3. The summed E-state index contributed by atoms with van der Waals surface area (Å²) in [4.78, 5) is 4.00. The first-order valence-electron chi connectivity index (χ1n) is 6.35. The average Bonchev–Trinajstić information content (AvgIpc) is 2.38. The van der Waals surface area contributed by atoms with E-state index in [4.69, 9.17) is 27.9 Å². The van der Waals surface area contributed by atoms with Crippen molar-refractivity contribution >= 4 is 23.2 Å². The van der Waals surface area contributed by atoms with Crippen LogP contribution in [-0.2, 0) is 6.54 Å². The summed E-state index contributed by atoms with van der Waals surface area (Å²) in [6.45, 7) is 4.80. The average molecular weight is 311 g/mol. The summed E-state index contributed by atoms with van der Waals surface area (Å²) >= 11 is 12.2. The monoisotopic (exact) mass is 310 g/mol. The van der Waals surface area contributed by atoms with Crippen molar-refractivity contribution in [2.45, 2.75) is 26.4 Å². The number of hydrogen-bond donors (Lipinski definition) is 1. The van der Waals surface area contributed by atoms with Gasteiger partial charge in [0.05, 0.1) is 11.2 Å². The van der Waals surface area contributed by atoms with Crippen LogP contribution in [0.5, 0.6) is 11.5 Å². The highest BCUT2D eigenvalue weighted by molar-refractivity contribution is 6.31. The first kappa shape index (κ1) is 15.1. The molecule has 0 bridgehead atoms. The van der Waals surface area contributed by atoms with Crippen LogP contribution in [-0.4, -0.2) is 11.0 Å². The molecule has 20 heavy (non-hydrogen) atoms. The number of ether oxygens (including phenoxy) is 1. The predicted molar refractivity (Wildman–Crippen MR) is 82.7 cm³/mol. The van der Waals surface area contributed by atoms with E-state index in [2.05, 4.69) is 24.1 Å². The number of rotatable bonds is 5. The lowest BCUT2D eigenvalue weighted by Crippen LogP contribution is -2.22. The number of pyridine rings is 1. The Bertz CT molecular complexity index is 588. The second-order valence-electron chi connectivity index (χ2n) is 4.69. The first-order chi connectivity index (χ1) is 9.56. The van der Waals surface area contributed by atoms with E-state index < -0.39 is 0 Å². The minimum absolute atomic E-state index is 0.368. The maximum Gasteiger partial charge on any atom is 0.147 e. The molecular weight excluding hydrogens is 295 g/mol. The standard InChI is InChI=1S/C15H16Cl2N2O/c1-10(2)19-9-13-14(17)4-3-5-15(13)20-12-6-11(16)7-18-8-12/h3-8,10,19H,9H2,1-2H3. The lowest BCUT2D eigenvalue weighted by atomic mass is 10.2. The second-order valence-corrected chi connectivity index (χ2v) is 5.54. The molecule has 0 saturated carbocycles. The molecule has 0 spiro atoms. The summed E-state index contributed by atoms with van der Waals surface area (Å²) in [5.74, 6) is 1.29. The van der Waals surface area contributed by atoms with E-state index >= 15 is 0 Å². The van der Waals surface area contributed by atoms with Gasteiger partial charge in [0.25, 0.3) is 0 Å². The van der Waals surface area contributed by atoms with Crippen LogP contribution in [0.2, 0.25) is 10.0 Å². The SMILES string of the molecule is CC(C)NCc1c(Cl)cccc1Oc1cncc(Cl)c1. The first-order valence-corrected chi connectivity index (χ1v) is 7.11. The van der Waals surface area contributed by atoms with Gasteiger partial charge in [-0.15, -0.1) is 0 Å². The van der Waals surface area contributed by atoms with Crippen molar-refractivity contribution in [2.75, 3.05) is 0 Å². The highest BCUT2D eigenvalue weighted by Crippen LogP contribution is 2.31. The third-order valence-corrected chi connectivity index (χ3v) is 3.23. The van der Waals surface area contributed by atoms with Gasteiger partial charge < -0.3 is 10.1 Å². The molecule has 0 unspecified atom stereocenters. The predicted octanol–water partition coefficient (Wildman–Crippen LogP) is 4.68. The Morgan fingerprint density at radius 1 is 1.25 bits per heavy atom. The molecule has 0 aliphatic rings. The molecule has 0 aliphatic carbocycles. The van der Waals surface area contributed by atoms with E-state index in [1.165, 1.54) is 0 Å². The van der Waals surface area contributed by atoms with Crippen LogP contribution in [0.25, 0.3) is 0 Å². The maximum absolute atomic E-state index is 6.25. The lowest BCUT2D eigenvalue weighted by molar-refractivity contribution is 0.467. The number of nitrogens with one attached hydrogen (secondary N) is 1. The van der Waals surface area contributed by atoms with Crippen molar-refractivity contribution in [1.29, 1.82) is 0 Å². The zero-order valence-electron chi connectivity index (χ0n) is 11.4. The van der Waals surface area contributed by atoms with Crippen molar-refractivity contribution in [3.63, 3.8) is 0 Å². The van der Waals surface area contributed by atoms with E-state index in [0.717, 1.165) is 5.56 Å². The van der Waals surface area contributed by atoms with E-state index in [-0.39, 0.29) is 0 Å². The van der Waals surface area contributed by atoms with Crippen molar-refractivity contribution in [3.8, 4) is 11.5 Å². The van der Waals surface area contributed by atoms with E-state index in [1.54, 1.807) is 18.5 Å². The molecule has 3 nitrogen and oxygen atoms in total. The molecule has 1 aromatic heterocycles. The molecule has 1 aromatic carbocycles. The number of nitrogens with zero attached hydrogens (tertiary/aromatic N) is 1. The zero-order valence-corrected chi connectivity index (χ0v) is 12.9. The molecule has 0 radical (unpaired) electrons. The quantitative estimate of drug-likeness (QED) is 0.870. The van der Waals surface area contributed by atoms with Crippen LogP contribution in [0.4, 0.5) is 0 Å². The van der Waals surface area contributed by atoms with Crippen LogP contribution in [0.1, 0.15) is 19.4 Å². The molecule has 1 N–H and O–H groups in total. The fraction of sp³-hybridized carbons (Fsp3) is 0.267. The summed E-state index contributed by atoms with van der Waals surface area (Å²) in [6.07, 6.45) is 3.18. The molecule has 0 amide bonds. The summed E-state index contributed by atoms with van der Waals surface area (Å²) in [5, 5.41) is 4.54. The van der Waals surface area contributed by atoms with E-state index in [1.807, 2.05) is 18.2 Å². The second kappa shape index (κ2) is 6.93. The van der Waals surface area contributed by atoms with Gasteiger partial charge in [-0.3, -0.25) is 4.98 Å². The molecular formula is C15H16Cl2N2O. The minimum atomic E-state index is 0.368. The highest BCUT2D eigenvalue weighted by Gasteiger charge is 2.10. The van der Waals surface area contributed by atoms with Gasteiger partial charge in [0.1, 0.15) is 11.5 Å². The van der Waals surface area contributed by atoms with Gasteiger partial charge in [-0.2, -0.15) is 0 Å². The van der Waals surface area contributed by atoms with Crippen molar-refractivity contribution in [3.05, 3.63) is 52.3 Å². The summed E-state index contributed by atoms with van der Waals surface area (Å²) in [7, 11) is 0. The topological polar surface area (TPSA) is 34.1 Å². The Hall–Kier alpha value is -1.29. The minimum Gasteiger partial charge on any atom is -0.455 e. The summed E-state index contributed by atoms with van der Waals surface area (Å²) in [5.41, 5.74) is 0.919. The molecule has 5 heteroatoms. The Morgan fingerprint density at radius 3 is 2.75 bits per heavy atom. The largest absolute Gasteiger partial charge is 0.455 e. The van der Waals surface area contributed by atoms with E-state index in [9.17, 15) is 0 Å². The van der Waals surface area contributed by atoms with Crippen LogP contribution < -0.4 is 10.1 Å². The van der Waals surface area contributed by atoms with Crippen LogP contribution >= 0.6 is 23.2 Å². The van der Waals surface area contributed by atoms with Gasteiger partial charge in [0, 0.05) is 35.4 Å². The molecule has 0 fully saturated rings. The molecule has 0 aliphatic heterocycles. The number of benzene rings is 1. The summed E-state index contributed by atoms with van der Waals surface area (Å²) in [6, 6.07) is 7.67. The Kier molecular flexibility index (Phi) is 5.24. The Balaban J connectivity index is 2.24. The van der Waals surface area contributed by atoms with E-state index in [0.29, 0.717) is 34.1 Å². The van der Waals surface area contributed by atoms with Crippen LogP contribution in [0.3, 0.4) is 0 Å². The van der Waals surface area contributed by atoms with Gasteiger partial charge in [0.2, 0.25) is 0 Å². The third kappa shape index (κ3) is 4.10. The molecule has 106 valence electrons. The molecule has 2 rings (SSSR count). The smallest absolute Gasteiger partial charge is 0.147 e.